The number of hydrazone groups is 1. The lowest BCUT2D eigenvalue weighted by Crippen LogP contribution is -2.19. The van der Waals surface area contributed by atoms with E-state index in [1.165, 1.54) is 0 Å². The molecule has 24 heavy (non-hydrogen) atoms. The molecule has 0 bridgehead atoms. The first-order chi connectivity index (χ1) is 11.6. The zero-order chi connectivity index (χ0) is 16.9. The molecule has 0 atom stereocenters. The van der Waals surface area contributed by atoms with Gasteiger partial charge in [-0.05, 0) is 61.7 Å². The van der Waals surface area contributed by atoms with Gasteiger partial charge < -0.3 is 9.47 Å². The van der Waals surface area contributed by atoms with Crippen molar-refractivity contribution in [1.82, 2.24) is 5.43 Å². The van der Waals surface area contributed by atoms with E-state index in [4.69, 9.17) is 21.1 Å². The molecule has 1 aliphatic heterocycles. The minimum Gasteiger partial charge on any atom is -0.454 e. The summed E-state index contributed by atoms with van der Waals surface area (Å²) in [7, 11) is 0. The first kappa shape index (κ1) is 16.3. The molecule has 0 saturated carbocycles. The highest BCUT2D eigenvalue weighted by Crippen LogP contribution is 2.32. The van der Waals surface area contributed by atoms with Gasteiger partial charge in [-0.15, -0.1) is 0 Å². The minimum absolute atomic E-state index is 0.255. The molecule has 0 radical (unpaired) electrons. The van der Waals surface area contributed by atoms with Crippen LogP contribution < -0.4 is 14.9 Å². The van der Waals surface area contributed by atoms with E-state index in [9.17, 15) is 4.79 Å². The second kappa shape index (κ2) is 7.36. The second-order valence-electron chi connectivity index (χ2n) is 5.48. The number of hydrogen-bond donors (Lipinski definition) is 1. The highest BCUT2D eigenvalue weighted by molar-refractivity contribution is 6.30. The Morgan fingerprint density at radius 2 is 1.92 bits per heavy atom. The molecule has 2 aromatic rings. The van der Waals surface area contributed by atoms with Crippen molar-refractivity contribution in [3.05, 3.63) is 58.6 Å². The van der Waals surface area contributed by atoms with Crippen molar-refractivity contribution in [3.63, 3.8) is 0 Å². The molecule has 1 heterocycles. The van der Waals surface area contributed by atoms with Crippen LogP contribution in [0.2, 0.25) is 5.02 Å². The van der Waals surface area contributed by atoms with Crippen molar-refractivity contribution in [1.29, 1.82) is 0 Å². The summed E-state index contributed by atoms with van der Waals surface area (Å²) < 4.78 is 10.7. The molecule has 0 fully saturated rings. The molecule has 5 nitrogen and oxygen atoms in total. The van der Waals surface area contributed by atoms with Crippen molar-refractivity contribution in [2.75, 3.05) is 6.79 Å². The van der Waals surface area contributed by atoms with Crippen LogP contribution in [0.1, 0.15) is 29.3 Å². The Balaban J connectivity index is 1.52. The minimum atomic E-state index is -0.255. The van der Waals surface area contributed by atoms with Crippen molar-refractivity contribution in [3.8, 4) is 11.5 Å². The van der Waals surface area contributed by atoms with Gasteiger partial charge in [0.25, 0.3) is 5.91 Å². The zero-order valence-electron chi connectivity index (χ0n) is 13.2. The number of ether oxygens (including phenoxy) is 2. The van der Waals surface area contributed by atoms with E-state index >= 15 is 0 Å². The number of rotatable bonds is 5. The number of nitrogens with zero attached hydrogens (tertiary/aromatic N) is 1. The molecule has 124 valence electrons. The first-order valence-electron chi connectivity index (χ1n) is 7.59. The maximum atomic E-state index is 12.0. The molecule has 0 spiro atoms. The van der Waals surface area contributed by atoms with Gasteiger partial charge in [-0.2, -0.15) is 5.10 Å². The Bertz CT molecular complexity index is 772. The van der Waals surface area contributed by atoms with Gasteiger partial charge in [0.2, 0.25) is 6.79 Å². The number of aryl methyl sites for hydroxylation is 1. The lowest BCUT2D eigenvalue weighted by atomic mass is 10.1. The number of carbonyl (C=O) groups excluding carboxylic acids is 1. The van der Waals surface area contributed by atoms with Gasteiger partial charge in [0.05, 0.1) is 0 Å². The van der Waals surface area contributed by atoms with Crippen LogP contribution in [0.4, 0.5) is 0 Å². The standard InChI is InChI=1S/C18H17ClN2O3/c1-12(20-21-18(22)14-5-7-15(19)8-6-14)2-3-13-4-9-16-17(10-13)24-11-23-16/h4-10H,2-3,11H2,1H3,(H,21,22)/b20-12+. The van der Waals surface area contributed by atoms with Gasteiger partial charge >= 0.3 is 0 Å². The third-order valence-corrected chi connectivity index (χ3v) is 3.92. The number of carbonyl (C=O) groups is 1. The van der Waals surface area contributed by atoms with E-state index in [1.807, 2.05) is 25.1 Å². The summed E-state index contributed by atoms with van der Waals surface area (Å²) in [6.45, 7) is 2.16. The largest absolute Gasteiger partial charge is 0.454 e. The van der Waals surface area contributed by atoms with Crippen LogP contribution in [0, 0.1) is 0 Å². The molecule has 1 amide bonds. The summed E-state index contributed by atoms with van der Waals surface area (Å²) in [5, 5.41) is 4.73. The van der Waals surface area contributed by atoms with Gasteiger partial charge in [0.1, 0.15) is 0 Å². The molecule has 1 N–H and O–H groups in total. The SMILES string of the molecule is C/C(CCc1ccc2c(c1)OCO2)=N\NC(=O)c1ccc(Cl)cc1. The van der Waals surface area contributed by atoms with Crippen LogP contribution in [0.15, 0.2) is 47.6 Å². The summed E-state index contributed by atoms with van der Waals surface area (Å²) in [5.41, 5.74) is 5.06. The van der Waals surface area contributed by atoms with E-state index in [0.717, 1.165) is 35.6 Å². The van der Waals surface area contributed by atoms with Crippen LogP contribution in [-0.4, -0.2) is 18.4 Å². The molecule has 0 unspecified atom stereocenters. The van der Waals surface area contributed by atoms with Crippen LogP contribution in [-0.2, 0) is 6.42 Å². The van der Waals surface area contributed by atoms with Gasteiger partial charge in [0, 0.05) is 16.3 Å². The van der Waals surface area contributed by atoms with Crippen molar-refractivity contribution >= 4 is 23.2 Å². The fraction of sp³-hybridized carbons (Fsp3) is 0.222. The molecule has 2 aromatic carbocycles. The highest BCUT2D eigenvalue weighted by Gasteiger charge is 2.13. The smallest absolute Gasteiger partial charge is 0.271 e. The predicted molar refractivity (Wildman–Crippen MR) is 92.9 cm³/mol. The van der Waals surface area contributed by atoms with Crippen LogP contribution >= 0.6 is 11.6 Å². The molecule has 0 saturated heterocycles. The summed E-state index contributed by atoms with van der Waals surface area (Å²) in [5.74, 6) is 1.30. The molecule has 0 aliphatic carbocycles. The van der Waals surface area contributed by atoms with Crippen LogP contribution in [0.25, 0.3) is 0 Å². The highest BCUT2D eigenvalue weighted by atomic mass is 35.5. The van der Waals surface area contributed by atoms with E-state index in [-0.39, 0.29) is 12.7 Å². The van der Waals surface area contributed by atoms with Crippen molar-refractivity contribution in [2.24, 2.45) is 5.10 Å². The van der Waals surface area contributed by atoms with E-state index < -0.39 is 0 Å². The van der Waals surface area contributed by atoms with E-state index in [0.29, 0.717) is 10.6 Å². The van der Waals surface area contributed by atoms with Gasteiger partial charge in [-0.1, -0.05) is 17.7 Å². The van der Waals surface area contributed by atoms with E-state index in [2.05, 4.69) is 10.5 Å². The topological polar surface area (TPSA) is 59.9 Å². The summed E-state index contributed by atoms with van der Waals surface area (Å²) in [6, 6.07) is 12.6. The summed E-state index contributed by atoms with van der Waals surface area (Å²) in [4.78, 5) is 12.0. The monoisotopic (exact) mass is 344 g/mol. The fourth-order valence-electron chi connectivity index (χ4n) is 2.29. The van der Waals surface area contributed by atoms with Gasteiger partial charge in [-0.25, -0.2) is 5.43 Å². The summed E-state index contributed by atoms with van der Waals surface area (Å²) >= 11 is 5.80. The number of halogens is 1. The second-order valence-corrected chi connectivity index (χ2v) is 5.92. The van der Waals surface area contributed by atoms with Crippen LogP contribution in [0.5, 0.6) is 11.5 Å². The predicted octanol–water partition coefficient (Wildman–Crippen LogP) is 3.81. The Morgan fingerprint density at radius 3 is 2.71 bits per heavy atom. The molecule has 6 heteroatoms. The Morgan fingerprint density at radius 1 is 1.17 bits per heavy atom. The third-order valence-electron chi connectivity index (χ3n) is 3.67. The van der Waals surface area contributed by atoms with Gasteiger partial charge in [0.15, 0.2) is 11.5 Å². The maximum Gasteiger partial charge on any atom is 0.271 e. The number of fused-ring (bicyclic) bond motifs is 1. The number of amides is 1. The number of nitrogens with one attached hydrogen (secondary N) is 1. The Kier molecular flexibility index (Phi) is 5.01. The molecular weight excluding hydrogens is 328 g/mol. The average molecular weight is 345 g/mol. The number of hydrogen-bond acceptors (Lipinski definition) is 4. The normalized spacial score (nSPS) is 13.0. The Hall–Kier alpha value is -2.53. The third kappa shape index (κ3) is 4.06. The van der Waals surface area contributed by atoms with Crippen molar-refractivity contribution in [2.45, 2.75) is 19.8 Å². The maximum absolute atomic E-state index is 12.0. The van der Waals surface area contributed by atoms with Gasteiger partial charge in [-0.3, -0.25) is 4.79 Å². The fourth-order valence-corrected chi connectivity index (χ4v) is 2.42. The molecule has 3 rings (SSSR count). The first-order valence-corrected chi connectivity index (χ1v) is 7.97. The Labute approximate surface area is 145 Å². The van der Waals surface area contributed by atoms with Crippen LogP contribution in [0.3, 0.4) is 0 Å². The zero-order valence-corrected chi connectivity index (χ0v) is 14.0. The molecule has 0 aromatic heterocycles. The molecular formula is C18H17ClN2O3. The quantitative estimate of drug-likeness (QED) is 0.662. The molecule has 1 aliphatic rings. The lowest BCUT2D eigenvalue weighted by molar-refractivity contribution is 0.0954. The lowest BCUT2D eigenvalue weighted by Gasteiger charge is -2.04. The van der Waals surface area contributed by atoms with Crippen molar-refractivity contribution < 1.29 is 14.3 Å². The van der Waals surface area contributed by atoms with E-state index in [1.54, 1.807) is 24.3 Å². The number of benzene rings is 2. The average Bonchev–Trinajstić information content (AvgIpc) is 3.06. The summed E-state index contributed by atoms with van der Waals surface area (Å²) in [6.07, 6.45) is 1.54.